The smallest absolute Gasteiger partial charge is 0.304 e. The van der Waals surface area contributed by atoms with Gasteiger partial charge in [0.25, 0.3) is 0 Å². The van der Waals surface area contributed by atoms with Gasteiger partial charge < -0.3 is 20.6 Å². The van der Waals surface area contributed by atoms with E-state index in [0.29, 0.717) is 18.9 Å². The fourth-order valence-corrected chi connectivity index (χ4v) is 3.33. The highest BCUT2D eigenvalue weighted by Gasteiger charge is 2.13. The van der Waals surface area contributed by atoms with Crippen molar-refractivity contribution in [3.63, 3.8) is 0 Å². The van der Waals surface area contributed by atoms with Crippen molar-refractivity contribution >= 4 is 17.9 Å². The zero-order valence-electron chi connectivity index (χ0n) is 18.0. The van der Waals surface area contributed by atoms with Gasteiger partial charge in [-0.1, -0.05) is 60.5 Å². The SMILES string of the molecule is CC#CC(CC(=O)O)c1ccc(OCc2ccc(C=N)c(NCc3ccccc3)c2)cc1. The fourth-order valence-electron chi connectivity index (χ4n) is 3.33. The summed E-state index contributed by atoms with van der Waals surface area (Å²) < 4.78 is 5.92. The van der Waals surface area contributed by atoms with E-state index in [1.54, 1.807) is 6.92 Å². The summed E-state index contributed by atoms with van der Waals surface area (Å²) >= 11 is 0. The highest BCUT2D eigenvalue weighted by Crippen LogP contribution is 2.23. The first-order valence-corrected chi connectivity index (χ1v) is 10.4. The third kappa shape index (κ3) is 6.48. The van der Waals surface area contributed by atoms with Gasteiger partial charge in [-0.3, -0.25) is 4.79 Å². The highest BCUT2D eigenvalue weighted by molar-refractivity contribution is 5.86. The Kier molecular flexibility index (Phi) is 8.05. The molecule has 0 fully saturated rings. The van der Waals surface area contributed by atoms with Crippen molar-refractivity contribution in [1.29, 1.82) is 5.41 Å². The number of hydrogen-bond acceptors (Lipinski definition) is 4. The van der Waals surface area contributed by atoms with Gasteiger partial charge in [-0.2, -0.15) is 0 Å². The molecule has 3 aromatic rings. The number of aliphatic carboxylic acids is 1. The van der Waals surface area contributed by atoms with Crippen LogP contribution in [-0.2, 0) is 17.9 Å². The molecule has 3 aromatic carbocycles. The van der Waals surface area contributed by atoms with E-state index in [9.17, 15) is 4.79 Å². The molecule has 3 N–H and O–H groups in total. The lowest BCUT2D eigenvalue weighted by Crippen LogP contribution is -2.05. The van der Waals surface area contributed by atoms with E-state index in [0.717, 1.165) is 22.4 Å². The molecule has 5 nitrogen and oxygen atoms in total. The van der Waals surface area contributed by atoms with E-state index in [2.05, 4.69) is 29.3 Å². The van der Waals surface area contributed by atoms with Crippen LogP contribution in [0.5, 0.6) is 5.75 Å². The van der Waals surface area contributed by atoms with Gasteiger partial charge in [0.05, 0.1) is 12.3 Å². The molecule has 0 saturated heterocycles. The molecule has 0 radical (unpaired) electrons. The van der Waals surface area contributed by atoms with Crippen LogP contribution < -0.4 is 10.1 Å². The van der Waals surface area contributed by atoms with Crippen LogP contribution in [0.3, 0.4) is 0 Å². The number of ether oxygens (including phenoxy) is 1. The van der Waals surface area contributed by atoms with Crippen LogP contribution in [0, 0.1) is 17.3 Å². The number of carbonyl (C=O) groups is 1. The van der Waals surface area contributed by atoms with Gasteiger partial charge in [-0.15, -0.1) is 5.92 Å². The Balaban J connectivity index is 1.65. The predicted octanol–water partition coefficient (Wildman–Crippen LogP) is 5.46. The van der Waals surface area contributed by atoms with E-state index in [-0.39, 0.29) is 12.3 Å². The molecule has 0 heterocycles. The fraction of sp³-hybridized carbons (Fsp3) is 0.185. The van der Waals surface area contributed by atoms with Gasteiger partial charge in [0.1, 0.15) is 12.4 Å². The van der Waals surface area contributed by atoms with Gasteiger partial charge in [-0.05, 0) is 41.8 Å². The van der Waals surface area contributed by atoms with Crippen LogP contribution in [-0.4, -0.2) is 17.3 Å². The summed E-state index contributed by atoms with van der Waals surface area (Å²) in [6, 6.07) is 23.3. The second-order valence-corrected chi connectivity index (χ2v) is 7.31. The molecule has 3 rings (SSSR count). The maximum Gasteiger partial charge on any atom is 0.304 e. The number of carboxylic acids is 1. The monoisotopic (exact) mass is 426 g/mol. The molecule has 1 unspecified atom stereocenters. The lowest BCUT2D eigenvalue weighted by molar-refractivity contribution is -0.137. The van der Waals surface area contributed by atoms with Gasteiger partial charge in [0, 0.05) is 24.0 Å². The molecular weight excluding hydrogens is 400 g/mol. The van der Waals surface area contributed by atoms with Gasteiger partial charge in [0.2, 0.25) is 0 Å². The average molecular weight is 427 g/mol. The third-order valence-corrected chi connectivity index (χ3v) is 4.98. The Morgan fingerprint density at radius 2 is 1.84 bits per heavy atom. The zero-order valence-corrected chi connectivity index (χ0v) is 18.0. The summed E-state index contributed by atoms with van der Waals surface area (Å²) in [5.41, 5.74) is 4.71. The topological polar surface area (TPSA) is 82.4 Å². The minimum atomic E-state index is -0.872. The summed E-state index contributed by atoms with van der Waals surface area (Å²) in [5, 5.41) is 20.1. The van der Waals surface area contributed by atoms with Crippen molar-refractivity contribution in [2.24, 2.45) is 0 Å². The van der Waals surface area contributed by atoms with Crippen molar-refractivity contribution in [3.8, 4) is 17.6 Å². The molecule has 0 amide bonds. The molecule has 0 saturated carbocycles. The quantitative estimate of drug-likeness (QED) is 0.297. The van der Waals surface area contributed by atoms with E-state index in [4.69, 9.17) is 15.3 Å². The Bertz CT molecular complexity index is 1110. The van der Waals surface area contributed by atoms with E-state index < -0.39 is 5.97 Å². The molecule has 5 heteroatoms. The molecule has 0 aliphatic rings. The van der Waals surface area contributed by atoms with Gasteiger partial charge in [0.15, 0.2) is 0 Å². The summed E-state index contributed by atoms with van der Waals surface area (Å²) in [4.78, 5) is 11.1. The van der Waals surface area contributed by atoms with Crippen molar-refractivity contribution in [2.75, 3.05) is 5.32 Å². The summed E-state index contributed by atoms with van der Waals surface area (Å²) in [6.45, 7) is 2.76. The number of rotatable bonds is 10. The summed E-state index contributed by atoms with van der Waals surface area (Å²) in [5.74, 6) is 5.24. The van der Waals surface area contributed by atoms with Crippen LogP contribution in [0.25, 0.3) is 0 Å². The number of carboxylic acid groups (broad SMARTS) is 1. The molecule has 32 heavy (non-hydrogen) atoms. The standard InChI is InChI=1S/C27H26N2O3/c1-2-6-23(16-27(30)31)22-11-13-25(14-12-22)32-19-21-9-10-24(17-28)26(15-21)29-18-20-7-4-3-5-8-20/h3-5,7-15,17,23,28-29H,16,18-19H2,1H3,(H,30,31). The number of nitrogens with one attached hydrogen (secondary N) is 2. The minimum Gasteiger partial charge on any atom is -0.489 e. The number of anilines is 1. The van der Waals surface area contributed by atoms with Crippen LogP contribution in [0.4, 0.5) is 5.69 Å². The zero-order chi connectivity index (χ0) is 22.8. The van der Waals surface area contributed by atoms with Crippen LogP contribution in [0.2, 0.25) is 0 Å². The molecule has 0 bridgehead atoms. The highest BCUT2D eigenvalue weighted by atomic mass is 16.5. The average Bonchev–Trinajstić information content (AvgIpc) is 2.82. The molecule has 1 atom stereocenters. The van der Waals surface area contributed by atoms with Crippen molar-refractivity contribution in [1.82, 2.24) is 0 Å². The minimum absolute atomic E-state index is 0.0286. The largest absolute Gasteiger partial charge is 0.489 e. The molecule has 0 aliphatic heterocycles. The normalized spacial score (nSPS) is 11.0. The third-order valence-electron chi connectivity index (χ3n) is 4.98. The van der Waals surface area contributed by atoms with Crippen LogP contribution in [0.1, 0.15) is 41.5 Å². The van der Waals surface area contributed by atoms with Crippen molar-refractivity contribution in [3.05, 3.63) is 95.1 Å². The number of benzene rings is 3. The summed E-state index contributed by atoms with van der Waals surface area (Å²) in [7, 11) is 0. The first kappa shape index (κ1) is 22.6. The van der Waals surface area contributed by atoms with E-state index >= 15 is 0 Å². The predicted molar refractivity (Wildman–Crippen MR) is 127 cm³/mol. The number of hydrogen-bond donors (Lipinski definition) is 3. The molecule has 0 aromatic heterocycles. The molecule has 162 valence electrons. The Morgan fingerprint density at radius 3 is 2.50 bits per heavy atom. The lowest BCUT2D eigenvalue weighted by atomic mass is 9.96. The van der Waals surface area contributed by atoms with Crippen LogP contribution >= 0.6 is 0 Å². The maximum absolute atomic E-state index is 11.1. The van der Waals surface area contributed by atoms with Gasteiger partial charge in [-0.25, -0.2) is 0 Å². The Hall–Kier alpha value is -4.04. The second-order valence-electron chi connectivity index (χ2n) is 7.31. The van der Waals surface area contributed by atoms with Gasteiger partial charge >= 0.3 is 5.97 Å². The lowest BCUT2D eigenvalue weighted by Gasteiger charge is -2.13. The molecular formula is C27H26N2O3. The maximum atomic E-state index is 11.1. The summed E-state index contributed by atoms with van der Waals surface area (Å²) in [6.07, 6.45) is 1.31. The Labute approximate surface area is 188 Å². The van der Waals surface area contributed by atoms with Crippen molar-refractivity contribution < 1.29 is 14.6 Å². The Morgan fingerprint density at radius 1 is 1.09 bits per heavy atom. The van der Waals surface area contributed by atoms with Crippen molar-refractivity contribution in [2.45, 2.75) is 32.4 Å². The first-order valence-electron chi connectivity index (χ1n) is 10.4. The van der Waals surface area contributed by atoms with E-state index in [1.807, 2.05) is 60.7 Å². The molecule has 0 spiro atoms. The first-order chi connectivity index (χ1) is 15.6. The second kappa shape index (κ2) is 11.4. The molecule has 0 aliphatic carbocycles. The van der Waals surface area contributed by atoms with Crippen LogP contribution in [0.15, 0.2) is 72.8 Å². The van der Waals surface area contributed by atoms with E-state index in [1.165, 1.54) is 11.8 Å².